The molecule has 5 aliphatic heterocycles. The molecule has 12 N–H and O–H groups in total. The second kappa shape index (κ2) is 47.6. The number of anilines is 20. The SMILES string of the molecule is C=CC(=O)Nc1cccc(Nc2nc(Nc3ccc(C4CCN(C5COC5)CC4)cc3C)ncc2C)c1.C=CC(=O)Nc1cccc(Nc2nc(Nc3ccc(C4CN(C5COC5)C4)cc3C)ncc2C)c1.C=CC(=O)Nc1cccc(Nc2nc(Nc3ccc(OC)c4c3CCN(C)C4)ncc2C)c1.C=CC(=O)Nc1cccc(Nc2nc(Nc3ccc(OCCCS(C)(=O)=O)cc3C)ncc2C)c1. The third-order valence-electron chi connectivity index (χ3n) is 24.2. The molecule has 0 atom stereocenters. The largest absolute Gasteiger partial charge is 0.496 e. The first-order valence-corrected chi connectivity index (χ1v) is 48.4. The second-order valence-electron chi connectivity index (χ2n) is 35.1. The van der Waals surface area contributed by atoms with Crippen LogP contribution in [0.1, 0.15) is 92.3 Å². The summed E-state index contributed by atoms with van der Waals surface area (Å²) in [4.78, 5) is 90.2. The first-order chi connectivity index (χ1) is 67.5. The molecule has 17 rings (SSSR count). The maximum absolute atomic E-state index is 11.6. The number of methoxy groups -OCH3 is 1. The van der Waals surface area contributed by atoms with Gasteiger partial charge >= 0.3 is 0 Å². The van der Waals surface area contributed by atoms with Crippen LogP contribution in [0.2, 0.25) is 0 Å². The fraction of sp³-hybridized carbons (Fsp3) is 0.283. The van der Waals surface area contributed by atoms with Gasteiger partial charge in [0.1, 0.15) is 44.6 Å². The van der Waals surface area contributed by atoms with E-state index in [0.29, 0.717) is 113 Å². The molecule has 9 heterocycles. The molecule has 5 aliphatic rings. The van der Waals surface area contributed by atoms with Crippen molar-refractivity contribution in [3.05, 3.63) is 300 Å². The van der Waals surface area contributed by atoms with Crippen LogP contribution in [0.5, 0.6) is 11.5 Å². The number of sulfone groups is 1. The van der Waals surface area contributed by atoms with Gasteiger partial charge in [-0.15, -0.1) is 0 Å². The highest BCUT2D eigenvalue weighted by molar-refractivity contribution is 7.90. The van der Waals surface area contributed by atoms with E-state index in [1.165, 1.54) is 71.2 Å². The summed E-state index contributed by atoms with van der Waals surface area (Å²) in [7, 11) is 0.825. The first kappa shape index (κ1) is 101. The van der Waals surface area contributed by atoms with E-state index in [2.05, 4.69) is 192 Å². The Labute approximate surface area is 817 Å². The van der Waals surface area contributed by atoms with Gasteiger partial charge in [0.2, 0.25) is 47.4 Å². The van der Waals surface area contributed by atoms with Crippen molar-refractivity contribution in [2.45, 2.75) is 105 Å². The fourth-order valence-electron chi connectivity index (χ4n) is 16.1. The van der Waals surface area contributed by atoms with Gasteiger partial charge in [-0.2, -0.15) is 19.9 Å². The van der Waals surface area contributed by atoms with E-state index in [9.17, 15) is 27.6 Å². The van der Waals surface area contributed by atoms with Crippen LogP contribution in [0, 0.1) is 48.5 Å². The van der Waals surface area contributed by atoms with Crippen molar-refractivity contribution in [2.75, 3.05) is 156 Å². The summed E-state index contributed by atoms with van der Waals surface area (Å²) in [5.74, 6) is 6.46. The zero-order valence-electron chi connectivity index (χ0n) is 80.6. The van der Waals surface area contributed by atoms with Crippen molar-refractivity contribution in [1.29, 1.82) is 0 Å². The quantitative estimate of drug-likeness (QED) is 0.0132. The van der Waals surface area contributed by atoms with Crippen LogP contribution in [0.25, 0.3) is 0 Å². The van der Waals surface area contributed by atoms with Crippen LogP contribution >= 0.6 is 0 Å². The van der Waals surface area contributed by atoms with Gasteiger partial charge in [-0.1, -0.05) is 74.8 Å². The third-order valence-corrected chi connectivity index (χ3v) is 25.3. The Morgan fingerprint density at radius 1 is 0.421 bits per heavy atom. The van der Waals surface area contributed by atoms with Crippen LogP contribution in [0.3, 0.4) is 0 Å². The number of carbonyl (C=O) groups is 4. The zero-order chi connectivity index (χ0) is 98.9. The lowest BCUT2D eigenvalue weighted by molar-refractivity contribution is -0.112. The van der Waals surface area contributed by atoms with Crippen LogP contribution in [-0.4, -0.2) is 191 Å². The molecule has 8 aromatic carbocycles. The molecule has 0 radical (unpaired) electrons. The molecule has 34 heteroatoms. The van der Waals surface area contributed by atoms with E-state index in [-0.39, 0.29) is 29.4 Å². The summed E-state index contributed by atoms with van der Waals surface area (Å²) in [5.41, 5.74) is 21.7. The number of likely N-dealkylation sites (tertiary alicyclic amines) is 2. The lowest BCUT2D eigenvalue weighted by Crippen LogP contribution is -2.58. The number of hydrogen-bond donors (Lipinski definition) is 12. The van der Waals surface area contributed by atoms with E-state index in [4.69, 9.17) is 28.9 Å². The molecule has 4 saturated heterocycles. The maximum Gasteiger partial charge on any atom is 0.247 e. The average molecular weight is 1910 g/mol. The van der Waals surface area contributed by atoms with Gasteiger partial charge in [-0.05, 0) is 273 Å². The number of amides is 4. The molecule has 4 amide bonds. The van der Waals surface area contributed by atoms with Gasteiger partial charge in [0.25, 0.3) is 0 Å². The standard InChI is InChI=1S/C29H34N6O2.C27H30N6O2.C25H28N6O2.C25H29N5O4S/c1-4-27(36)31-23-6-5-7-24(15-23)32-28-20(3)16-30-29(34-28)33-26-9-8-22(14-19(26)2)21-10-12-35(13-11-21)25-17-37-18-25;1-4-25(34)29-21-6-5-7-22(11-21)30-26-18(3)12-28-27(32-26)31-24-9-8-19(10-17(24)2)20-13-33(14-20)23-15-35-16-23;1-5-23(32)27-17-7-6-8-18(13-17)28-24-16(2)14-26-25(30-24)29-21-9-10-22(33-4)20-15-31(3)12-11-19(20)21;1-5-23(31)27-19-8-6-9-20(15-19)28-24-18(3)16-26-25(30-24)29-22-11-10-21(14-17(22)2)34-12-7-13-35(4,32)33/h4-9,14-16,21,25H,1,10-13,17-18H2,2-3H3,(H,31,36)(H2,30,32,33,34);4-12,20,23H,1,13-16H2,2-3H3,(H,29,34)(H2,28,30,31,32);5-10,13-14H,1,11-12,15H2,2-4H3,(H,27,32)(H2,26,28,29,30);5-6,8-11,14-16H,1,7,12-13H2,2-4H3,(H,27,31)(H2,26,28,29,30). The topological polar surface area (TPSA) is 397 Å². The second-order valence-corrected chi connectivity index (χ2v) is 37.3. The molecule has 140 heavy (non-hydrogen) atoms. The maximum atomic E-state index is 11.6. The van der Waals surface area contributed by atoms with Gasteiger partial charge < -0.3 is 87.6 Å². The summed E-state index contributed by atoms with van der Waals surface area (Å²) >= 11 is 0. The highest BCUT2D eigenvalue weighted by Gasteiger charge is 2.37. The number of nitrogens with one attached hydrogen (secondary N) is 12. The highest BCUT2D eigenvalue weighted by Crippen LogP contribution is 2.39. The number of piperidine rings is 1. The predicted octanol–water partition coefficient (Wildman–Crippen LogP) is 18.7. The molecule has 4 aromatic heterocycles. The number of hydrogen-bond acceptors (Lipinski definition) is 29. The van der Waals surface area contributed by atoms with Crippen molar-refractivity contribution < 1.29 is 46.5 Å². The van der Waals surface area contributed by atoms with Crippen LogP contribution in [0.4, 0.5) is 115 Å². The normalized spacial score (nSPS) is 14.2. The minimum absolute atomic E-state index is 0.0977. The number of carbonyl (C=O) groups excluding carboxylic acids is 4. The molecule has 4 fully saturated rings. The molecular weight excluding hydrogens is 1790 g/mol. The molecule has 33 nitrogen and oxygen atoms in total. The Bertz CT molecular complexity index is 6620. The smallest absolute Gasteiger partial charge is 0.247 e. The number of aromatic nitrogens is 8. The van der Waals surface area contributed by atoms with Crippen molar-refractivity contribution >= 4 is 149 Å². The Morgan fingerprint density at radius 2 is 0.779 bits per heavy atom. The van der Waals surface area contributed by atoms with Crippen molar-refractivity contribution in [3.63, 3.8) is 0 Å². The number of benzene rings is 8. The molecule has 0 unspecified atom stereocenters. The Morgan fingerprint density at radius 3 is 1.14 bits per heavy atom. The number of ether oxygens (including phenoxy) is 4. The number of nitrogens with zero attached hydrogens (tertiary/aromatic N) is 11. The van der Waals surface area contributed by atoms with Crippen molar-refractivity contribution in [1.82, 2.24) is 54.6 Å². The summed E-state index contributed by atoms with van der Waals surface area (Å²) in [6.07, 6.45) is 17.0. The average Bonchev–Trinajstić information content (AvgIpc) is 0.789. The first-order valence-electron chi connectivity index (χ1n) is 46.3. The Hall–Kier alpha value is -15.3. The van der Waals surface area contributed by atoms with Gasteiger partial charge in [0.05, 0.1) is 58.0 Å². The fourth-order valence-corrected chi connectivity index (χ4v) is 16.8. The number of fused-ring (bicyclic) bond motifs is 1. The van der Waals surface area contributed by atoms with Crippen molar-refractivity contribution in [3.8, 4) is 11.5 Å². The van der Waals surface area contributed by atoms with Crippen LogP contribution in [0.15, 0.2) is 239 Å². The zero-order valence-corrected chi connectivity index (χ0v) is 81.4. The molecule has 12 aromatic rings. The van der Waals surface area contributed by atoms with Crippen LogP contribution in [-0.2, 0) is 51.5 Å². The number of rotatable bonds is 34. The molecule has 0 bridgehead atoms. The summed E-state index contributed by atoms with van der Waals surface area (Å²) in [6, 6.07) is 53.7. The molecular formula is C106H121N23O10S. The van der Waals surface area contributed by atoms with E-state index in [1.54, 1.807) is 44.0 Å². The van der Waals surface area contributed by atoms with E-state index >= 15 is 0 Å². The van der Waals surface area contributed by atoms with E-state index < -0.39 is 9.84 Å². The molecule has 0 spiro atoms. The van der Waals surface area contributed by atoms with Crippen LogP contribution < -0.4 is 73.3 Å². The highest BCUT2D eigenvalue weighted by atomic mass is 32.2. The van der Waals surface area contributed by atoms with E-state index in [0.717, 1.165) is 157 Å². The van der Waals surface area contributed by atoms with Crippen molar-refractivity contribution in [2.24, 2.45) is 0 Å². The van der Waals surface area contributed by atoms with E-state index in [1.807, 2.05) is 150 Å². The molecule has 0 aliphatic carbocycles. The monoisotopic (exact) mass is 1910 g/mol. The minimum Gasteiger partial charge on any atom is -0.496 e. The number of aryl methyl sites for hydroxylation is 7. The minimum atomic E-state index is -2.99. The lowest BCUT2D eigenvalue weighted by atomic mass is 9.87. The molecule has 726 valence electrons. The van der Waals surface area contributed by atoms with Gasteiger partial charge in [0, 0.05) is 159 Å². The van der Waals surface area contributed by atoms with Gasteiger partial charge in [-0.3, -0.25) is 29.0 Å². The predicted molar refractivity (Wildman–Crippen MR) is 558 cm³/mol. The summed E-state index contributed by atoms with van der Waals surface area (Å²) < 4.78 is 44.4. The number of likely N-dealkylation sites (N-methyl/N-ethyl adjacent to an activating group) is 1. The summed E-state index contributed by atoms with van der Waals surface area (Å²) in [5, 5.41) is 37.6. The lowest BCUT2D eigenvalue weighted by Gasteiger charge is -2.47. The summed E-state index contributed by atoms with van der Waals surface area (Å²) in [6.45, 7) is 38.0. The Kier molecular flexibility index (Phi) is 34.2. The molecule has 0 saturated carbocycles. The van der Waals surface area contributed by atoms with Gasteiger partial charge in [-0.25, -0.2) is 28.4 Å². The Balaban J connectivity index is 0.000000149. The van der Waals surface area contributed by atoms with Gasteiger partial charge in [0.15, 0.2) is 0 Å². The third kappa shape index (κ3) is 28.2.